The Morgan fingerprint density at radius 2 is 1.05 bits per heavy atom. The van der Waals surface area contributed by atoms with Crippen molar-refractivity contribution in [2.75, 3.05) is 13.1 Å². The summed E-state index contributed by atoms with van der Waals surface area (Å²) in [5.41, 5.74) is 10.8. The summed E-state index contributed by atoms with van der Waals surface area (Å²) in [5.74, 6) is -0.0828. The second-order valence-electron chi connectivity index (χ2n) is 11.3. The van der Waals surface area contributed by atoms with Crippen LogP contribution in [0.4, 0.5) is 0 Å². The van der Waals surface area contributed by atoms with Crippen LogP contribution in [0.2, 0.25) is 0 Å². The number of aliphatic imine (C=N–C) groups is 1. The third-order valence-electron chi connectivity index (χ3n) is 7.43. The van der Waals surface area contributed by atoms with Crippen LogP contribution in [-0.2, 0) is 9.59 Å². The minimum absolute atomic E-state index is 0.0359. The van der Waals surface area contributed by atoms with E-state index in [1.54, 1.807) is 0 Å². The lowest BCUT2D eigenvalue weighted by atomic mass is 10.0. The normalized spacial score (nSPS) is 11.7. The number of hydrogen-bond donors (Lipinski definition) is 4. The highest BCUT2D eigenvalue weighted by Crippen LogP contribution is 2.14. The Morgan fingerprint density at radius 1 is 0.615 bits per heavy atom. The van der Waals surface area contributed by atoms with E-state index in [9.17, 15) is 9.59 Å². The third-order valence-corrected chi connectivity index (χ3v) is 7.43. The molecule has 0 aliphatic rings. The van der Waals surface area contributed by atoms with Gasteiger partial charge in [-0.25, -0.2) is 0 Å². The van der Waals surface area contributed by atoms with Crippen LogP contribution in [0.25, 0.3) is 0 Å². The van der Waals surface area contributed by atoms with Gasteiger partial charge in [-0.15, -0.1) is 0 Å². The SMILES string of the molecule is CCCCCCCCCCCCCCCCCC(=O)NC(CCCN=C(N)N)C(=O)NCCCCCCCC. The molecule has 0 aromatic carbocycles. The zero-order valence-electron chi connectivity index (χ0n) is 25.9. The molecule has 7 heteroatoms. The van der Waals surface area contributed by atoms with E-state index >= 15 is 0 Å². The number of carbonyl (C=O) groups is 2. The van der Waals surface area contributed by atoms with E-state index in [2.05, 4.69) is 29.5 Å². The molecule has 0 fully saturated rings. The van der Waals surface area contributed by atoms with Gasteiger partial charge in [0.25, 0.3) is 0 Å². The average Bonchev–Trinajstić information content (AvgIpc) is 2.91. The topological polar surface area (TPSA) is 123 Å². The van der Waals surface area contributed by atoms with Crippen LogP contribution < -0.4 is 22.1 Å². The molecule has 0 aliphatic carbocycles. The summed E-state index contributed by atoms with van der Waals surface area (Å²) in [6.07, 6.45) is 28.3. The predicted molar refractivity (Wildman–Crippen MR) is 168 cm³/mol. The summed E-state index contributed by atoms with van der Waals surface area (Å²) in [4.78, 5) is 29.3. The fourth-order valence-corrected chi connectivity index (χ4v) is 4.94. The van der Waals surface area contributed by atoms with Gasteiger partial charge < -0.3 is 22.1 Å². The van der Waals surface area contributed by atoms with Crippen molar-refractivity contribution in [1.29, 1.82) is 0 Å². The molecular formula is C32H65N5O2. The van der Waals surface area contributed by atoms with Gasteiger partial charge in [-0.3, -0.25) is 14.6 Å². The zero-order valence-corrected chi connectivity index (χ0v) is 25.9. The quantitative estimate of drug-likeness (QED) is 0.0443. The van der Waals surface area contributed by atoms with Crippen LogP contribution in [0.1, 0.15) is 168 Å². The highest BCUT2D eigenvalue weighted by Gasteiger charge is 2.19. The molecule has 0 aromatic rings. The van der Waals surface area contributed by atoms with Gasteiger partial charge in [-0.1, -0.05) is 136 Å². The molecule has 0 bridgehead atoms. The van der Waals surface area contributed by atoms with Gasteiger partial charge in [-0.05, 0) is 25.7 Å². The molecule has 0 aromatic heterocycles. The number of rotatable bonds is 29. The maximum absolute atomic E-state index is 12.7. The maximum atomic E-state index is 12.7. The summed E-state index contributed by atoms with van der Waals surface area (Å²) in [6.45, 7) is 5.60. The number of nitrogens with two attached hydrogens (primary N) is 2. The summed E-state index contributed by atoms with van der Waals surface area (Å²) < 4.78 is 0. The van der Waals surface area contributed by atoms with Crippen molar-refractivity contribution in [3.05, 3.63) is 0 Å². The van der Waals surface area contributed by atoms with Gasteiger partial charge in [0.1, 0.15) is 6.04 Å². The standard InChI is InChI=1S/C32H65N5O2/c1-3-5-7-9-11-12-13-14-15-16-17-18-19-20-22-26-30(38)37-29(25-24-28-36-32(33)34)31(39)35-27-23-21-10-8-6-4-2/h29H,3-28H2,1-2H3,(H,35,39)(H,37,38)(H4,33,34,36). The highest BCUT2D eigenvalue weighted by molar-refractivity contribution is 5.87. The number of hydrogen-bond acceptors (Lipinski definition) is 3. The van der Waals surface area contributed by atoms with E-state index < -0.39 is 6.04 Å². The van der Waals surface area contributed by atoms with Gasteiger partial charge in [0.15, 0.2) is 5.96 Å². The van der Waals surface area contributed by atoms with Crippen LogP contribution in [0.15, 0.2) is 4.99 Å². The summed E-state index contributed by atoms with van der Waals surface area (Å²) in [5, 5.41) is 5.97. The molecule has 6 N–H and O–H groups in total. The van der Waals surface area contributed by atoms with E-state index in [-0.39, 0.29) is 17.8 Å². The molecule has 0 spiro atoms. The van der Waals surface area contributed by atoms with Crippen molar-refractivity contribution in [2.45, 2.75) is 174 Å². The zero-order chi connectivity index (χ0) is 28.8. The minimum atomic E-state index is -0.525. The van der Waals surface area contributed by atoms with Gasteiger partial charge in [0.05, 0.1) is 0 Å². The average molecular weight is 552 g/mol. The second kappa shape index (κ2) is 29.2. The first kappa shape index (κ1) is 37.2. The molecule has 39 heavy (non-hydrogen) atoms. The lowest BCUT2D eigenvalue weighted by Gasteiger charge is -2.18. The molecule has 1 unspecified atom stereocenters. The van der Waals surface area contributed by atoms with E-state index in [4.69, 9.17) is 11.5 Å². The molecule has 2 amide bonds. The number of nitrogens with zero attached hydrogens (tertiary/aromatic N) is 1. The first-order valence-corrected chi connectivity index (χ1v) is 16.6. The lowest BCUT2D eigenvalue weighted by Crippen LogP contribution is -2.47. The number of carbonyl (C=O) groups excluding carboxylic acids is 2. The number of nitrogens with one attached hydrogen (secondary N) is 2. The molecule has 0 rings (SSSR count). The van der Waals surface area contributed by atoms with Crippen LogP contribution >= 0.6 is 0 Å². The lowest BCUT2D eigenvalue weighted by molar-refractivity contribution is -0.129. The Hall–Kier alpha value is -1.79. The van der Waals surface area contributed by atoms with Crippen LogP contribution in [0.3, 0.4) is 0 Å². The maximum Gasteiger partial charge on any atom is 0.242 e. The number of amides is 2. The van der Waals surface area contributed by atoms with Crippen LogP contribution in [-0.4, -0.2) is 36.9 Å². The van der Waals surface area contributed by atoms with Crippen molar-refractivity contribution in [1.82, 2.24) is 10.6 Å². The van der Waals surface area contributed by atoms with Gasteiger partial charge >= 0.3 is 0 Å². The molecular weight excluding hydrogens is 486 g/mol. The van der Waals surface area contributed by atoms with Crippen molar-refractivity contribution < 1.29 is 9.59 Å². The fraction of sp³-hybridized carbons (Fsp3) is 0.906. The van der Waals surface area contributed by atoms with Gasteiger partial charge in [0, 0.05) is 19.5 Å². The van der Waals surface area contributed by atoms with E-state index in [1.807, 2.05) is 0 Å². The van der Waals surface area contributed by atoms with Crippen molar-refractivity contribution in [3.8, 4) is 0 Å². The molecule has 0 aliphatic heterocycles. The largest absolute Gasteiger partial charge is 0.370 e. The third kappa shape index (κ3) is 27.6. The predicted octanol–water partition coefficient (Wildman–Crippen LogP) is 7.26. The Morgan fingerprint density at radius 3 is 1.51 bits per heavy atom. The molecule has 230 valence electrons. The Balaban J connectivity index is 3.98. The van der Waals surface area contributed by atoms with Crippen molar-refractivity contribution in [2.24, 2.45) is 16.5 Å². The van der Waals surface area contributed by atoms with Crippen LogP contribution in [0.5, 0.6) is 0 Å². The monoisotopic (exact) mass is 552 g/mol. The van der Waals surface area contributed by atoms with Crippen molar-refractivity contribution in [3.63, 3.8) is 0 Å². The summed E-state index contributed by atoms with van der Waals surface area (Å²) in [6, 6.07) is -0.525. The van der Waals surface area contributed by atoms with Crippen LogP contribution in [0, 0.1) is 0 Å². The minimum Gasteiger partial charge on any atom is -0.370 e. The number of guanidine groups is 1. The molecule has 0 heterocycles. The van der Waals surface area contributed by atoms with Gasteiger partial charge in [-0.2, -0.15) is 0 Å². The van der Waals surface area contributed by atoms with Crippen molar-refractivity contribution >= 4 is 17.8 Å². The second-order valence-corrected chi connectivity index (χ2v) is 11.3. The fourth-order valence-electron chi connectivity index (χ4n) is 4.94. The highest BCUT2D eigenvalue weighted by atomic mass is 16.2. The van der Waals surface area contributed by atoms with Gasteiger partial charge in [0.2, 0.25) is 11.8 Å². The summed E-state index contributed by atoms with van der Waals surface area (Å²) >= 11 is 0. The van der Waals surface area contributed by atoms with E-state index in [1.165, 1.54) is 109 Å². The molecule has 0 saturated heterocycles. The first-order chi connectivity index (χ1) is 19.0. The van der Waals surface area contributed by atoms with E-state index in [0.29, 0.717) is 32.4 Å². The Kier molecular flexibility index (Phi) is 27.9. The smallest absolute Gasteiger partial charge is 0.242 e. The Bertz CT molecular complexity index is 593. The summed E-state index contributed by atoms with van der Waals surface area (Å²) in [7, 11) is 0. The number of unbranched alkanes of at least 4 members (excludes halogenated alkanes) is 19. The first-order valence-electron chi connectivity index (χ1n) is 16.6. The Labute approximate surface area is 241 Å². The molecule has 0 saturated carbocycles. The molecule has 1 atom stereocenters. The molecule has 7 nitrogen and oxygen atoms in total. The molecule has 0 radical (unpaired) electrons. The van der Waals surface area contributed by atoms with E-state index in [0.717, 1.165) is 25.7 Å².